The summed E-state index contributed by atoms with van der Waals surface area (Å²) in [5.74, 6) is -0.495. The van der Waals surface area contributed by atoms with Crippen LogP contribution in [0, 0.1) is 0 Å². The van der Waals surface area contributed by atoms with Crippen molar-refractivity contribution in [3.8, 4) is 5.75 Å². The molecule has 2 rings (SSSR count). The molecule has 130 valence electrons. The summed E-state index contributed by atoms with van der Waals surface area (Å²) >= 11 is 0. The third-order valence-corrected chi connectivity index (χ3v) is 4.89. The number of halogens is 3. The van der Waals surface area contributed by atoms with E-state index in [1.54, 1.807) is 0 Å². The van der Waals surface area contributed by atoms with Gasteiger partial charge in [-0.1, -0.05) is 13.8 Å². The monoisotopic (exact) mass is 353 g/mol. The van der Waals surface area contributed by atoms with Gasteiger partial charge < -0.3 is 4.74 Å². The van der Waals surface area contributed by atoms with Crippen molar-refractivity contribution in [2.75, 3.05) is 13.1 Å². The number of benzene rings is 1. The fourth-order valence-electron chi connectivity index (χ4n) is 1.94. The predicted molar refractivity (Wildman–Crippen MR) is 77.5 cm³/mol. The summed E-state index contributed by atoms with van der Waals surface area (Å²) in [4.78, 5) is 11.0. The number of carbonyl (C=O) groups is 1. The summed E-state index contributed by atoms with van der Waals surface area (Å²) in [7, 11) is -3.80. The van der Waals surface area contributed by atoms with E-state index in [0.717, 1.165) is 28.6 Å². The third kappa shape index (κ3) is 5.51. The predicted octanol–water partition coefficient (Wildman–Crippen LogP) is 2.97. The average molecular weight is 353 g/mol. The topological polar surface area (TPSA) is 63.7 Å². The quantitative estimate of drug-likeness (QED) is 0.838. The van der Waals surface area contributed by atoms with Gasteiger partial charge >= 0.3 is 6.36 Å². The molecular weight excluding hydrogens is 335 g/mol. The molecule has 0 radical (unpaired) electrons. The van der Waals surface area contributed by atoms with Crippen molar-refractivity contribution in [2.24, 2.45) is 0 Å². The van der Waals surface area contributed by atoms with Crippen LogP contribution in [0.3, 0.4) is 0 Å². The smallest absolute Gasteiger partial charge is 0.406 e. The van der Waals surface area contributed by atoms with E-state index in [9.17, 15) is 26.4 Å². The second-order valence-electron chi connectivity index (χ2n) is 4.46. The highest BCUT2D eigenvalue weighted by molar-refractivity contribution is 7.89. The molecule has 0 bridgehead atoms. The van der Waals surface area contributed by atoms with Gasteiger partial charge in [-0.15, -0.1) is 13.2 Å². The second-order valence-corrected chi connectivity index (χ2v) is 6.40. The molecule has 0 N–H and O–H groups in total. The lowest BCUT2D eigenvalue weighted by Crippen LogP contribution is -2.38. The molecule has 0 aliphatic carbocycles. The molecule has 1 aliphatic rings. The molecule has 0 unspecified atom stereocenters. The maximum atomic E-state index is 12.2. The van der Waals surface area contributed by atoms with Gasteiger partial charge in [0.15, 0.2) is 0 Å². The molecule has 1 aromatic carbocycles. The number of hydrogen-bond donors (Lipinski definition) is 0. The fraction of sp³-hybridized carbons (Fsp3) is 0.500. The maximum Gasteiger partial charge on any atom is 0.573 e. The highest BCUT2D eigenvalue weighted by Crippen LogP contribution is 2.25. The van der Waals surface area contributed by atoms with E-state index < -0.39 is 22.1 Å². The van der Waals surface area contributed by atoms with Crippen molar-refractivity contribution in [2.45, 2.75) is 37.9 Å². The number of piperidine rings is 1. The molecule has 1 aliphatic heterocycles. The normalized spacial score (nSPS) is 16.5. The van der Waals surface area contributed by atoms with Crippen molar-refractivity contribution < 1.29 is 31.1 Å². The SMILES string of the molecule is CC.O=C1CCN(S(=O)(=O)c2ccc(OC(F)(F)F)cc2)CC1. The first-order chi connectivity index (χ1) is 10.7. The van der Waals surface area contributed by atoms with Gasteiger partial charge in [-0.25, -0.2) is 8.42 Å². The molecule has 5 nitrogen and oxygen atoms in total. The number of Topliss-reactive ketones (excluding diaryl/α,β-unsaturated/α-hetero) is 1. The molecule has 1 aromatic rings. The molecule has 23 heavy (non-hydrogen) atoms. The van der Waals surface area contributed by atoms with Gasteiger partial charge in [0.1, 0.15) is 11.5 Å². The first-order valence-corrected chi connectivity index (χ1v) is 8.50. The van der Waals surface area contributed by atoms with E-state index in [-0.39, 0.29) is 36.6 Å². The highest BCUT2D eigenvalue weighted by atomic mass is 32.2. The van der Waals surface area contributed by atoms with Gasteiger partial charge in [-0.05, 0) is 24.3 Å². The zero-order valence-corrected chi connectivity index (χ0v) is 13.6. The van der Waals surface area contributed by atoms with E-state index in [1.807, 2.05) is 13.8 Å². The van der Waals surface area contributed by atoms with Gasteiger partial charge in [-0.3, -0.25) is 4.79 Å². The van der Waals surface area contributed by atoms with Crippen molar-refractivity contribution in [1.29, 1.82) is 0 Å². The Bertz CT molecular complexity index is 616. The van der Waals surface area contributed by atoms with Crippen LogP contribution in [0.1, 0.15) is 26.7 Å². The highest BCUT2D eigenvalue weighted by Gasteiger charge is 2.32. The molecule has 0 saturated carbocycles. The molecule has 0 amide bonds. The van der Waals surface area contributed by atoms with E-state index in [1.165, 1.54) is 0 Å². The number of nitrogens with zero attached hydrogens (tertiary/aromatic N) is 1. The minimum Gasteiger partial charge on any atom is -0.406 e. The fourth-order valence-corrected chi connectivity index (χ4v) is 3.38. The Balaban J connectivity index is 0.00000127. The Kier molecular flexibility index (Phi) is 6.57. The number of ketones is 1. The van der Waals surface area contributed by atoms with Gasteiger partial charge in [0, 0.05) is 25.9 Å². The zero-order chi connectivity index (χ0) is 17.7. The Labute approximate surface area is 133 Å². The number of carbonyl (C=O) groups excluding carboxylic acids is 1. The third-order valence-electron chi connectivity index (χ3n) is 2.98. The van der Waals surface area contributed by atoms with E-state index in [0.29, 0.717) is 0 Å². The van der Waals surface area contributed by atoms with Crippen molar-refractivity contribution in [3.63, 3.8) is 0 Å². The zero-order valence-electron chi connectivity index (χ0n) is 12.8. The molecule has 0 aromatic heterocycles. The molecule has 9 heteroatoms. The molecule has 1 saturated heterocycles. The summed E-state index contributed by atoms with van der Waals surface area (Å²) < 4.78 is 65.4. The van der Waals surface area contributed by atoms with Crippen molar-refractivity contribution in [1.82, 2.24) is 4.31 Å². The van der Waals surface area contributed by atoms with Gasteiger partial charge in [-0.2, -0.15) is 4.31 Å². The van der Waals surface area contributed by atoms with Crippen LogP contribution in [-0.4, -0.2) is 38.0 Å². The van der Waals surface area contributed by atoms with Crippen LogP contribution < -0.4 is 4.74 Å². The first-order valence-electron chi connectivity index (χ1n) is 7.06. The van der Waals surface area contributed by atoms with Crippen LogP contribution in [-0.2, 0) is 14.8 Å². The molecule has 1 fully saturated rings. The van der Waals surface area contributed by atoms with Gasteiger partial charge in [0.25, 0.3) is 0 Å². The van der Waals surface area contributed by atoms with E-state index >= 15 is 0 Å². The van der Waals surface area contributed by atoms with Crippen molar-refractivity contribution >= 4 is 15.8 Å². The second kappa shape index (κ2) is 7.78. The summed E-state index contributed by atoms with van der Waals surface area (Å²) in [6.45, 7) is 4.17. The van der Waals surface area contributed by atoms with Crippen LogP contribution in [0.5, 0.6) is 5.75 Å². The van der Waals surface area contributed by atoms with Crippen LogP contribution in [0.4, 0.5) is 13.2 Å². The van der Waals surface area contributed by atoms with Crippen LogP contribution in [0.2, 0.25) is 0 Å². The molecule has 0 spiro atoms. The summed E-state index contributed by atoms with van der Waals surface area (Å²) in [6, 6.07) is 3.98. The van der Waals surface area contributed by atoms with Crippen LogP contribution in [0.25, 0.3) is 0 Å². The Morgan fingerprint density at radius 3 is 1.96 bits per heavy atom. The Morgan fingerprint density at radius 2 is 1.52 bits per heavy atom. The molecule has 0 atom stereocenters. The van der Waals surface area contributed by atoms with Crippen molar-refractivity contribution in [3.05, 3.63) is 24.3 Å². The van der Waals surface area contributed by atoms with Gasteiger partial charge in [0.2, 0.25) is 10.0 Å². The number of alkyl halides is 3. The summed E-state index contributed by atoms with van der Waals surface area (Å²) in [5.41, 5.74) is 0. The lowest BCUT2D eigenvalue weighted by atomic mass is 10.1. The van der Waals surface area contributed by atoms with Crippen LogP contribution >= 0.6 is 0 Å². The first kappa shape index (κ1) is 19.4. The number of ether oxygens (including phenoxy) is 1. The van der Waals surface area contributed by atoms with Gasteiger partial charge in [0.05, 0.1) is 4.90 Å². The number of hydrogen-bond acceptors (Lipinski definition) is 4. The van der Waals surface area contributed by atoms with E-state index in [4.69, 9.17) is 0 Å². The standard InChI is InChI=1S/C12H12F3NO4S.C2H6/c13-12(14,15)20-10-1-3-11(4-2-10)21(18,19)16-7-5-9(17)6-8-16;1-2/h1-4H,5-8H2;1-2H3. The largest absolute Gasteiger partial charge is 0.573 e. The lowest BCUT2D eigenvalue weighted by Gasteiger charge is -2.25. The number of sulfonamides is 1. The molecular formula is C14H18F3NO4S. The summed E-state index contributed by atoms with van der Waals surface area (Å²) in [6.07, 6.45) is -4.53. The number of rotatable bonds is 3. The minimum atomic E-state index is -4.83. The summed E-state index contributed by atoms with van der Waals surface area (Å²) in [5, 5.41) is 0. The average Bonchev–Trinajstić information content (AvgIpc) is 2.49. The molecule has 1 heterocycles. The van der Waals surface area contributed by atoms with Crippen LogP contribution in [0.15, 0.2) is 29.2 Å². The Hall–Kier alpha value is -1.61. The lowest BCUT2D eigenvalue weighted by molar-refractivity contribution is -0.274. The minimum absolute atomic E-state index is 0.00428. The van der Waals surface area contributed by atoms with E-state index in [2.05, 4.69) is 4.74 Å². The maximum absolute atomic E-state index is 12.2. The Morgan fingerprint density at radius 1 is 1.04 bits per heavy atom.